The molecule has 2 heterocycles. The summed E-state index contributed by atoms with van der Waals surface area (Å²) in [5.41, 5.74) is 0.182. The number of rotatable bonds is 3. The molecule has 0 bridgehead atoms. The Morgan fingerprint density at radius 1 is 1.50 bits per heavy atom. The molecule has 2 rings (SSSR count). The smallest absolute Gasteiger partial charge is 0.248 e. The van der Waals surface area contributed by atoms with Crippen molar-refractivity contribution in [3.8, 4) is 0 Å². The van der Waals surface area contributed by atoms with Crippen LogP contribution in [0.3, 0.4) is 0 Å². The molecule has 1 saturated heterocycles. The van der Waals surface area contributed by atoms with Gasteiger partial charge in [-0.3, -0.25) is 9.59 Å². The fourth-order valence-electron chi connectivity index (χ4n) is 2.04. The number of aryl methyl sites for hydroxylation is 1. The molecule has 1 aromatic heterocycles. The number of nitrogens with one attached hydrogen (secondary N) is 1. The van der Waals surface area contributed by atoms with E-state index >= 15 is 0 Å². The molecule has 0 aromatic carbocycles. The summed E-state index contributed by atoms with van der Waals surface area (Å²) in [5, 5.41) is 5.71. The van der Waals surface area contributed by atoms with Gasteiger partial charge >= 0.3 is 0 Å². The highest BCUT2D eigenvalue weighted by molar-refractivity contribution is 7.09. The fraction of sp³-hybridized carbons (Fsp3) is 0.583. The Kier molecular flexibility index (Phi) is 3.38. The zero-order valence-electron chi connectivity index (χ0n) is 10.8. The average molecular weight is 267 g/mol. The molecule has 0 atom stereocenters. The van der Waals surface area contributed by atoms with Gasteiger partial charge in [0, 0.05) is 18.3 Å². The van der Waals surface area contributed by atoms with E-state index in [9.17, 15) is 9.59 Å². The maximum absolute atomic E-state index is 12.1. The summed E-state index contributed by atoms with van der Waals surface area (Å²) in [6, 6.07) is 0. The quantitative estimate of drug-likeness (QED) is 0.878. The van der Waals surface area contributed by atoms with Crippen LogP contribution in [0.25, 0.3) is 0 Å². The Labute approximate surface area is 110 Å². The third kappa shape index (κ3) is 2.69. The minimum absolute atomic E-state index is 0.0333. The third-order valence-electron chi connectivity index (χ3n) is 2.91. The second-order valence-corrected chi connectivity index (χ2v) is 6.07. The van der Waals surface area contributed by atoms with Gasteiger partial charge in [0.05, 0.1) is 17.2 Å². The van der Waals surface area contributed by atoms with Crippen molar-refractivity contribution in [3.63, 3.8) is 0 Å². The highest BCUT2D eigenvalue weighted by atomic mass is 32.1. The number of amides is 2. The van der Waals surface area contributed by atoms with Crippen LogP contribution in [0.4, 0.5) is 0 Å². The van der Waals surface area contributed by atoms with Gasteiger partial charge in [-0.2, -0.15) is 0 Å². The van der Waals surface area contributed by atoms with Gasteiger partial charge in [-0.15, -0.1) is 11.3 Å². The van der Waals surface area contributed by atoms with E-state index in [0.717, 1.165) is 10.7 Å². The zero-order chi connectivity index (χ0) is 13.3. The summed E-state index contributed by atoms with van der Waals surface area (Å²) in [6.45, 7) is 6.10. The highest BCUT2D eigenvalue weighted by Gasteiger charge is 2.38. The number of carbonyl (C=O) groups excluding carboxylic acids is 2. The maximum atomic E-state index is 12.1. The SMILES string of the molecule is Cc1nc(CCN2CC(=O)NC(C)(C)C2=O)cs1. The largest absolute Gasteiger partial charge is 0.341 e. The van der Waals surface area contributed by atoms with E-state index in [1.165, 1.54) is 0 Å². The summed E-state index contributed by atoms with van der Waals surface area (Å²) >= 11 is 1.60. The highest BCUT2D eigenvalue weighted by Crippen LogP contribution is 2.14. The molecular formula is C12H17N3O2S. The Morgan fingerprint density at radius 2 is 2.22 bits per heavy atom. The second-order valence-electron chi connectivity index (χ2n) is 5.01. The van der Waals surface area contributed by atoms with E-state index in [-0.39, 0.29) is 18.4 Å². The third-order valence-corrected chi connectivity index (χ3v) is 3.74. The number of carbonyl (C=O) groups is 2. The average Bonchev–Trinajstić information content (AvgIpc) is 2.67. The van der Waals surface area contributed by atoms with Crippen LogP contribution in [-0.4, -0.2) is 40.3 Å². The molecule has 98 valence electrons. The van der Waals surface area contributed by atoms with E-state index in [0.29, 0.717) is 13.0 Å². The van der Waals surface area contributed by atoms with Gasteiger partial charge in [-0.1, -0.05) is 0 Å². The lowest BCUT2D eigenvalue weighted by atomic mass is 10.0. The summed E-state index contributed by atoms with van der Waals surface area (Å²) < 4.78 is 0. The second kappa shape index (κ2) is 4.68. The van der Waals surface area contributed by atoms with Crippen molar-refractivity contribution in [1.29, 1.82) is 0 Å². The molecule has 0 spiro atoms. The van der Waals surface area contributed by atoms with Crippen molar-refractivity contribution < 1.29 is 9.59 Å². The van der Waals surface area contributed by atoms with Crippen molar-refractivity contribution in [1.82, 2.24) is 15.2 Å². The zero-order valence-corrected chi connectivity index (χ0v) is 11.6. The molecule has 5 nitrogen and oxygen atoms in total. The van der Waals surface area contributed by atoms with Gasteiger partial charge < -0.3 is 10.2 Å². The summed E-state index contributed by atoms with van der Waals surface area (Å²) in [4.78, 5) is 29.6. The van der Waals surface area contributed by atoms with Crippen molar-refractivity contribution >= 4 is 23.2 Å². The molecule has 0 aliphatic carbocycles. The molecule has 6 heteroatoms. The molecule has 1 aliphatic rings. The lowest BCUT2D eigenvalue weighted by molar-refractivity contribution is -0.148. The van der Waals surface area contributed by atoms with E-state index in [1.807, 2.05) is 12.3 Å². The van der Waals surface area contributed by atoms with Crippen LogP contribution in [-0.2, 0) is 16.0 Å². The molecule has 0 unspecified atom stereocenters. The molecule has 1 fully saturated rings. The minimum Gasteiger partial charge on any atom is -0.341 e. The first-order valence-electron chi connectivity index (χ1n) is 5.90. The fourth-order valence-corrected chi connectivity index (χ4v) is 2.68. The van der Waals surface area contributed by atoms with Crippen LogP contribution in [0.1, 0.15) is 24.5 Å². The first-order chi connectivity index (χ1) is 8.38. The Bertz CT molecular complexity index is 481. The Hall–Kier alpha value is -1.43. The number of piperazine rings is 1. The molecule has 0 radical (unpaired) electrons. The topological polar surface area (TPSA) is 62.3 Å². The monoisotopic (exact) mass is 267 g/mol. The molecule has 2 amide bonds. The van der Waals surface area contributed by atoms with Gasteiger partial charge in [0.25, 0.3) is 0 Å². The number of aromatic nitrogens is 1. The van der Waals surface area contributed by atoms with Crippen LogP contribution < -0.4 is 5.32 Å². The number of thiazole rings is 1. The minimum atomic E-state index is -0.798. The number of hydrogen-bond donors (Lipinski definition) is 1. The van der Waals surface area contributed by atoms with Gasteiger partial charge in [0.1, 0.15) is 5.54 Å². The summed E-state index contributed by atoms with van der Waals surface area (Å²) in [7, 11) is 0. The Balaban J connectivity index is 2.00. The van der Waals surface area contributed by atoms with Crippen LogP contribution >= 0.6 is 11.3 Å². The van der Waals surface area contributed by atoms with Crippen LogP contribution in [0.15, 0.2) is 5.38 Å². The Morgan fingerprint density at radius 3 is 2.83 bits per heavy atom. The van der Waals surface area contributed by atoms with Gasteiger partial charge in [0.2, 0.25) is 11.8 Å². The predicted molar refractivity (Wildman–Crippen MR) is 69.4 cm³/mol. The lowest BCUT2D eigenvalue weighted by Gasteiger charge is -2.37. The van der Waals surface area contributed by atoms with E-state index < -0.39 is 5.54 Å². The van der Waals surface area contributed by atoms with Crippen LogP contribution in [0.2, 0.25) is 0 Å². The summed E-state index contributed by atoms with van der Waals surface area (Å²) in [6.07, 6.45) is 0.694. The van der Waals surface area contributed by atoms with Crippen molar-refractivity contribution in [2.45, 2.75) is 32.7 Å². The molecule has 1 aliphatic heterocycles. The van der Waals surface area contributed by atoms with E-state index in [2.05, 4.69) is 10.3 Å². The van der Waals surface area contributed by atoms with Crippen molar-refractivity contribution in [2.24, 2.45) is 0 Å². The molecule has 1 aromatic rings. The molecule has 18 heavy (non-hydrogen) atoms. The van der Waals surface area contributed by atoms with Crippen molar-refractivity contribution in [3.05, 3.63) is 16.1 Å². The first-order valence-corrected chi connectivity index (χ1v) is 6.78. The number of hydrogen-bond acceptors (Lipinski definition) is 4. The molecular weight excluding hydrogens is 250 g/mol. The standard InChI is InChI=1S/C12H17N3O2S/c1-8-13-9(7-18-8)4-5-15-6-10(16)14-12(2,3)11(15)17/h7H,4-6H2,1-3H3,(H,14,16). The first kappa shape index (κ1) is 13.0. The van der Waals surface area contributed by atoms with Crippen LogP contribution in [0, 0.1) is 6.92 Å². The number of nitrogens with zero attached hydrogens (tertiary/aromatic N) is 2. The molecule has 1 N–H and O–H groups in total. The van der Waals surface area contributed by atoms with Gasteiger partial charge in [-0.25, -0.2) is 4.98 Å². The van der Waals surface area contributed by atoms with Crippen LogP contribution in [0.5, 0.6) is 0 Å². The van der Waals surface area contributed by atoms with Gasteiger partial charge in [-0.05, 0) is 20.8 Å². The predicted octanol–water partition coefficient (Wildman–Crippen LogP) is 0.731. The lowest BCUT2D eigenvalue weighted by Crippen LogP contribution is -2.64. The molecule has 0 saturated carbocycles. The normalized spacial score (nSPS) is 18.9. The van der Waals surface area contributed by atoms with Crippen molar-refractivity contribution in [2.75, 3.05) is 13.1 Å². The van der Waals surface area contributed by atoms with E-state index in [4.69, 9.17) is 0 Å². The van der Waals surface area contributed by atoms with Gasteiger partial charge in [0.15, 0.2) is 0 Å². The summed E-state index contributed by atoms with van der Waals surface area (Å²) in [5.74, 6) is -0.136. The maximum Gasteiger partial charge on any atom is 0.248 e. The van der Waals surface area contributed by atoms with E-state index in [1.54, 1.807) is 30.1 Å².